The molecule has 1 aromatic heterocycles. The lowest BCUT2D eigenvalue weighted by Gasteiger charge is -2.21. The highest BCUT2D eigenvalue weighted by molar-refractivity contribution is 9.10. The highest BCUT2D eigenvalue weighted by Gasteiger charge is 2.33. The van der Waals surface area contributed by atoms with E-state index in [-0.39, 0.29) is 24.8 Å². The largest absolute Gasteiger partial charge is 0.481 e. The Morgan fingerprint density at radius 3 is 2.62 bits per heavy atom. The fourth-order valence-corrected chi connectivity index (χ4v) is 2.87. The molecule has 124 valence electrons. The second kappa shape index (κ2) is 7.00. The number of carboxylic acids is 1. The molecule has 1 aliphatic heterocycles. The second-order valence-electron chi connectivity index (χ2n) is 5.43. The van der Waals surface area contributed by atoms with E-state index in [0.29, 0.717) is 17.9 Å². The van der Waals surface area contributed by atoms with Crippen LogP contribution in [0.5, 0.6) is 0 Å². The topological polar surface area (TPSA) is 83.1 Å². The van der Waals surface area contributed by atoms with Crippen molar-refractivity contribution in [2.45, 2.75) is 25.3 Å². The van der Waals surface area contributed by atoms with Crippen LogP contribution in [-0.2, 0) is 9.59 Å². The molecule has 1 aliphatic rings. The number of carbonyl (C=O) groups is 2. The monoisotopic (exact) mass is 390 g/mol. The quantitative estimate of drug-likeness (QED) is 0.845. The van der Waals surface area contributed by atoms with Crippen molar-refractivity contribution >= 4 is 33.5 Å². The van der Waals surface area contributed by atoms with E-state index in [9.17, 15) is 9.59 Å². The number of halogens is 1. The zero-order valence-electron chi connectivity index (χ0n) is 12.7. The lowest BCUT2D eigenvalue weighted by Crippen LogP contribution is -2.27. The predicted octanol–water partition coefficient (Wildman–Crippen LogP) is 3.58. The number of benzene rings is 1. The van der Waals surface area contributed by atoms with E-state index in [1.807, 2.05) is 24.3 Å². The normalized spacial score (nSPS) is 17.0. The molecular formula is C17H15BrN2O4. The van der Waals surface area contributed by atoms with Gasteiger partial charge in [0.25, 0.3) is 0 Å². The fraction of sp³-hybridized carbons (Fsp3) is 0.235. The molecular weight excluding hydrogens is 376 g/mol. The summed E-state index contributed by atoms with van der Waals surface area (Å²) in [5.74, 6) is -0.699. The van der Waals surface area contributed by atoms with Crippen LogP contribution in [0.15, 0.2) is 56.7 Å². The first kappa shape index (κ1) is 16.4. The Balaban J connectivity index is 1.87. The standard InChI is InChI=1S/C17H15BrN2O4/c18-12-5-3-11(4-6-12)14-10-13(15-2-1-9-24-15)19-20(14)16(21)7-8-17(22)23/h1-6,9,14H,7-8,10H2,(H,22,23). The van der Waals surface area contributed by atoms with E-state index in [1.54, 1.807) is 18.4 Å². The average Bonchev–Trinajstić information content (AvgIpc) is 3.22. The van der Waals surface area contributed by atoms with Crippen molar-refractivity contribution in [1.29, 1.82) is 0 Å². The van der Waals surface area contributed by atoms with Crippen molar-refractivity contribution in [2.24, 2.45) is 5.10 Å². The van der Waals surface area contributed by atoms with Crippen LogP contribution in [0.2, 0.25) is 0 Å². The lowest BCUT2D eigenvalue weighted by atomic mass is 10.0. The van der Waals surface area contributed by atoms with Crippen LogP contribution in [0, 0.1) is 0 Å². The van der Waals surface area contributed by atoms with E-state index < -0.39 is 5.97 Å². The Bertz CT molecular complexity index is 768. The number of rotatable bonds is 5. The minimum absolute atomic E-state index is 0.0860. The van der Waals surface area contributed by atoms with E-state index in [0.717, 1.165) is 10.0 Å². The van der Waals surface area contributed by atoms with Gasteiger partial charge in [0.05, 0.1) is 18.7 Å². The number of carboxylic acid groups (broad SMARTS) is 1. The molecule has 7 heteroatoms. The van der Waals surface area contributed by atoms with Crippen LogP contribution in [0.1, 0.15) is 36.6 Å². The third kappa shape index (κ3) is 3.56. The summed E-state index contributed by atoms with van der Waals surface area (Å²) in [6, 6.07) is 10.9. The van der Waals surface area contributed by atoms with Crippen LogP contribution in [0.3, 0.4) is 0 Å². The van der Waals surface area contributed by atoms with Gasteiger partial charge >= 0.3 is 5.97 Å². The number of furan rings is 1. The SMILES string of the molecule is O=C(O)CCC(=O)N1N=C(c2ccco2)CC1c1ccc(Br)cc1. The predicted molar refractivity (Wildman–Crippen MR) is 90.5 cm³/mol. The van der Waals surface area contributed by atoms with E-state index >= 15 is 0 Å². The minimum Gasteiger partial charge on any atom is -0.481 e. The van der Waals surface area contributed by atoms with E-state index in [4.69, 9.17) is 9.52 Å². The molecule has 0 fully saturated rings. The Kier molecular flexibility index (Phi) is 4.80. The molecule has 6 nitrogen and oxygen atoms in total. The van der Waals surface area contributed by atoms with Crippen LogP contribution < -0.4 is 0 Å². The smallest absolute Gasteiger partial charge is 0.303 e. The summed E-state index contributed by atoms with van der Waals surface area (Å²) >= 11 is 3.39. The van der Waals surface area contributed by atoms with Crippen molar-refractivity contribution in [3.8, 4) is 0 Å². The molecule has 1 amide bonds. The summed E-state index contributed by atoms with van der Waals surface area (Å²) in [7, 11) is 0. The van der Waals surface area contributed by atoms with Gasteiger partial charge in [-0.05, 0) is 29.8 Å². The van der Waals surface area contributed by atoms with Gasteiger partial charge in [0.2, 0.25) is 5.91 Å². The maximum absolute atomic E-state index is 12.4. The first-order valence-electron chi connectivity index (χ1n) is 7.45. The van der Waals surface area contributed by atoms with Gasteiger partial charge in [0.1, 0.15) is 11.5 Å². The number of amides is 1. The highest BCUT2D eigenvalue weighted by Crippen LogP contribution is 2.34. The van der Waals surface area contributed by atoms with Gasteiger partial charge in [-0.15, -0.1) is 0 Å². The molecule has 1 aromatic carbocycles. The Morgan fingerprint density at radius 2 is 2.00 bits per heavy atom. The van der Waals surface area contributed by atoms with E-state index in [1.165, 1.54) is 5.01 Å². The maximum atomic E-state index is 12.4. The van der Waals surface area contributed by atoms with Crippen molar-refractivity contribution in [3.05, 3.63) is 58.5 Å². The van der Waals surface area contributed by atoms with Crippen molar-refractivity contribution < 1.29 is 19.1 Å². The Labute approximate surface area is 146 Å². The van der Waals surface area contributed by atoms with Crippen LogP contribution in [0.4, 0.5) is 0 Å². The zero-order chi connectivity index (χ0) is 17.1. The summed E-state index contributed by atoms with van der Waals surface area (Å²) in [6.07, 6.45) is 1.78. The molecule has 2 aromatic rings. The van der Waals surface area contributed by atoms with Crippen LogP contribution >= 0.6 is 15.9 Å². The molecule has 3 rings (SSSR count). The van der Waals surface area contributed by atoms with Crippen LogP contribution in [-0.4, -0.2) is 27.7 Å². The molecule has 1 N–H and O–H groups in total. The Morgan fingerprint density at radius 1 is 1.25 bits per heavy atom. The van der Waals surface area contributed by atoms with Gasteiger partial charge < -0.3 is 9.52 Å². The van der Waals surface area contributed by atoms with Gasteiger partial charge in [0.15, 0.2) is 0 Å². The van der Waals surface area contributed by atoms with Gasteiger partial charge in [-0.1, -0.05) is 28.1 Å². The number of carbonyl (C=O) groups excluding carboxylic acids is 1. The number of hydrogen-bond donors (Lipinski definition) is 1. The zero-order valence-corrected chi connectivity index (χ0v) is 14.3. The molecule has 1 unspecified atom stereocenters. The van der Waals surface area contributed by atoms with Gasteiger partial charge in [-0.2, -0.15) is 5.10 Å². The molecule has 0 saturated heterocycles. The first-order valence-corrected chi connectivity index (χ1v) is 8.24. The molecule has 0 radical (unpaired) electrons. The highest BCUT2D eigenvalue weighted by atomic mass is 79.9. The van der Waals surface area contributed by atoms with E-state index in [2.05, 4.69) is 21.0 Å². The third-order valence-corrected chi connectivity index (χ3v) is 4.31. The van der Waals surface area contributed by atoms with Crippen molar-refractivity contribution in [2.75, 3.05) is 0 Å². The number of hydrazone groups is 1. The molecule has 0 aliphatic carbocycles. The van der Waals surface area contributed by atoms with Crippen molar-refractivity contribution in [3.63, 3.8) is 0 Å². The third-order valence-electron chi connectivity index (χ3n) is 3.78. The number of hydrogen-bond acceptors (Lipinski definition) is 4. The first-order chi connectivity index (χ1) is 11.5. The lowest BCUT2D eigenvalue weighted by molar-refractivity contribution is -0.141. The summed E-state index contributed by atoms with van der Waals surface area (Å²) < 4.78 is 6.32. The summed E-state index contributed by atoms with van der Waals surface area (Å²) in [6.45, 7) is 0. The fourth-order valence-electron chi connectivity index (χ4n) is 2.60. The Hall–Kier alpha value is -2.41. The minimum atomic E-state index is -1.00. The van der Waals surface area contributed by atoms with Gasteiger partial charge in [-0.3, -0.25) is 9.59 Å². The van der Waals surface area contributed by atoms with Gasteiger partial charge in [-0.25, -0.2) is 5.01 Å². The number of aliphatic carboxylic acids is 1. The van der Waals surface area contributed by atoms with Gasteiger partial charge in [0, 0.05) is 17.3 Å². The summed E-state index contributed by atoms with van der Waals surface area (Å²) in [4.78, 5) is 23.2. The maximum Gasteiger partial charge on any atom is 0.303 e. The molecule has 24 heavy (non-hydrogen) atoms. The van der Waals surface area contributed by atoms with Crippen LogP contribution in [0.25, 0.3) is 0 Å². The second-order valence-corrected chi connectivity index (χ2v) is 6.34. The van der Waals surface area contributed by atoms with Crippen molar-refractivity contribution in [1.82, 2.24) is 5.01 Å². The summed E-state index contributed by atoms with van der Waals surface area (Å²) in [5, 5.41) is 14.6. The average molecular weight is 391 g/mol. The molecule has 1 atom stereocenters. The molecule has 0 spiro atoms. The summed E-state index contributed by atoms with van der Waals surface area (Å²) in [5.41, 5.74) is 1.61. The molecule has 0 saturated carbocycles. The molecule has 0 bridgehead atoms. The number of nitrogens with zero attached hydrogens (tertiary/aromatic N) is 2. The molecule has 2 heterocycles.